The van der Waals surface area contributed by atoms with Crippen molar-refractivity contribution in [2.75, 3.05) is 18.8 Å². The summed E-state index contributed by atoms with van der Waals surface area (Å²) in [5, 5.41) is 0. The standard InChI is InChI=1S/C12H18N2O3S/c1-10(2)9-18(15,16)14-7-12(8-14)17-11-3-5-13-6-4-11/h3-6,10,12H,7-9H2,1-2H3. The average molecular weight is 270 g/mol. The fraction of sp³-hybridized carbons (Fsp3) is 0.583. The number of aromatic nitrogens is 1. The fourth-order valence-electron chi connectivity index (χ4n) is 1.84. The number of nitrogens with zero attached hydrogens (tertiary/aromatic N) is 2. The van der Waals surface area contributed by atoms with Crippen LogP contribution in [-0.4, -0.2) is 42.7 Å². The summed E-state index contributed by atoms with van der Waals surface area (Å²) in [7, 11) is -3.11. The highest BCUT2D eigenvalue weighted by molar-refractivity contribution is 7.89. The van der Waals surface area contributed by atoms with Crippen molar-refractivity contribution in [1.82, 2.24) is 9.29 Å². The predicted molar refractivity (Wildman–Crippen MR) is 68.9 cm³/mol. The van der Waals surface area contributed by atoms with Crippen LogP contribution in [0.15, 0.2) is 24.5 Å². The first kappa shape index (κ1) is 13.3. The van der Waals surface area contributed by atoms with Gasteiger partial charge in [0.05, 0.1) is 18.8 Å². The Labute approximate surface area is 108 Å². The highest BCUT2D eigenvalue weighted by atomic mass is 32.2. The number of pyridine rings is 1. The van der Waals surface area contributed by atoms with Crippen LogP contribution in [0.1, 0.15) is 13.8 Å². The topological polar surface area (TPSA) is 59.5 Å². The zero-order valence-electron chi connectivity index (χ0n) is 10.6. The smallest absolute Gasteiger partial charge is 0.214 e. The van der Waals surface area contributed by atoms with Gasteiger partial charge in [-0.3, -0.25) is 4.98 Å². The van der Waals surface area contributed by atoms with Gasteiger partial charge in [0.25, 0.3) is 0 Å². The van der Waals surface area contributed by atoms with Crippen molar-refractivity contribution < 1.29 is 13.2 Å². The van der Waals surface area contributed by atoms with E-state index in [0.29, 0.717) is 13.1 Å². The lowest BCUT2D eigenvalue weighted by Gasteiger charge is -2.38. The second kappa shape index (κ2) is 5.24. The highest BCUT2D eigenvalue weighted by Crippen LogP contribution is 2.21. The molecule has 100 valence electrons. The molecular formula is C12H18N2O3S. The van der Waals surface area contributed by atoms with E-state index in [1.807, 2.05) is 13.8 Å². The summed E-state index contributed by atoms with van der Waals surface area (Å²) < 4.78 is 30.9. The molecule has 0 atom stereocenters. The second-order valence-corrected chi connectivity index (χ2v) is 6.93. The number of ether oxygens (including phenoxy) is 1. The highest BCUT2D eigenvalue weighted by Gasteiger charge is 2.37. The summed E-state index contributed by atoms with van der Waals surface area (Å²) >= 11 is 0. The van der Waals surface area contributed by atoms with Crippen LogP contribution < -0.4 is 4.74 Å². The summed E-state index contributed by atoms with van der Waals surface area (Å²) in [6.45, 7) is 4.69. The van der Waals surface area contributed by atoms with Crippen LogP contribution in [0.25, 0.3) is 0 Å². The van der Waals surface area contributed by atoms with Crippen LogP contribution >= 0.6 is 0 Å². The maximum atomic E-state index is 11.9. The van der Waals surface area contributed by atoms with Gasteiger partial charge in [0, 0.05) is 12.4 Å². The van der Waals surface area contributed by atoms with E-state index in [9.17, 15) is 8.42 Å². The molecule has 2 rings (SSSR count). The normalized spacial score (nSPS) is 17.7. The molecule has 5 nitrogen and oxygen atoms in total. The number of sulfonamides is 1. The molecule has 0 radical (unpaired) electrons. The summed E-state index contributed by atoms with van der Waals surface area (Å²) in [6, 6.07) is 3.54. The van der Waals surface area contributed by atoms with Crippen molar-refractivity contribution in [3.05, 3.63) is 24.5 Å². The lowest BCUT2D eigenvalue weighted by molar-refractivity contribution is 0.0759. The molecule has 1 aliphatic rings. The van der Waals surface area contributed by atoms with Gasteiger partial charge in [0.1, 0.15) is 11.9 Å². The molecule has 0 unspecified atom stereocenters. The maximum Gasteiger partial charge on any atom is 0.214 e. The van der Waals surface area contributed by atoms with E-state index in [4.69, 9.17) is 4.74 Å². The van der Waals surface area contributed by atoms with Crippen LogP contribution in [0.2, 0.25) is 0 Å². The van der Waals surface area contributed by atoms with Crippen LogP contribution in [0, 0.1) is 5.92 Å². The number of rotatable bonds is 5. The van der Waals surface area contributed by atoms with Crippen molar-refractivity contribution in [2.24, 2.45) is 5.92 Å². The molecule has 0 saturated carbocycles. The fourth-order valence-corrected chi connectivity index (χ4v) is 3.68. The van der Waals surface area contributed by atoms with Gasteiger partial charge in [0.15, 0.2) is 0 Å². The first-order valence-electron chi connectivity index (χ1n) is 6.02. The van der Waals surface area contributed by atoms with E-state index in [1.165, 1.54) is 4.31 Å². The van der Waals surface area contributed by atoms with Crippen molar-refractivity contribution in [1.29, 1.82) is 0 Å². The Balaban J connectivity index is 1.84. The summed E-state index contributed by atoms with van der Waals surface area (Å²) in [5.41, 5.74) is 0. The number of hydrogen-bond donors (Lipinski definition) is 0. The SMILES string of the molecule is CC(C)CS(=O)(=O)N1CC(Oc2ccncc2)C1. The lowest BCUT2D eigenvalue weighted by Crippen LogP contribution is -2.56. The zero-order valence-corrected chi connectivity index (χ0v) is 11.4. The molecule has 6 heteroatoms. The molecule has 1 fully saturated rings. The maximum absolute atomic E-state index is 11.9. The van der Waals surface area contributed by atoms with E-state index < -0.39 is 10.0 Å². The van der Waals surface area contributed by atoms with Crippen molar-refractivity contribution in [2.45, 2.75) is 20.0 Å². The van der Waals surface area contributed by atoms with Crippen LogP contribution in [0.4, 0.5) is 0 Å². The van der Waals surface area contributed by atoms with Crippen LogP contribution in [0.5, 0.6) is 5.75 Å². The largest absolute Gasteiger partial charge is 0.488 e. The number of hydrogen-bond acceptors (Lipinski definition) is 4. The minimum absolute atomic E-state index is 0.0469. The molecule has 2 heterocycles. The van der Waals surface area contributed by atoms with E-state index in [-0.39, 0.29) is 17.8 Å². The lowest BCUT2D eigenvalue weighted by atomic mass is 10.2. The third-order valence-corrected chi connectivity index (χ3v) is 4.88. The predicted octanol–water partition coefficient (Wildman–Crippen LogP) is 1.13. The second-order valence-electron chi connectivity index (χ2n) is 4.91. The molecule has 0 aliphatic carbocycles. The van der Waals surface area contributed by atoms with E-state index in [2.05, 4.69) is 4.98 Å². The minimum Gasteiger partial charge on any atom is -0.488 e. The molecule has 0 amide bonds. The Morgan fingerprint density at radius 2 is 2.00 bits per heavy atom. The third-order valence-electron chi connectivity index (χ3n) is 2.70. The van der Waals surface area contributed by atoms with E-state index in [1.54, 1.807) is 24.5 Å². The zero-order chi connectivity index (χ0) is 13.2. The summed E-state index contributed by atoms with van der Waals surface area (Å²) in [6.07, 6.45) is 3.26. The van der Waals surface area contributed by atoms with Gasteiger partial charge in [-0.2, -0.15) is 4.31 Å². The van der Waals surface area contributed by atoms with Crippen molar-refractivity contribution >= 4 is 10.0 Å². The molecule has 0 N–H and O–H groups in total. The molecule has 1 saturated heterocycles. The quantitative estimate of drug-likeness (QED) is 0.805. The minimum atomic E-state index is -3.11. The Morgan fingerprint density at radius 1 is 1.39 bits per heavy atom. The van der Waals surface area contributed by atoms with Gasteiger partial charge in [-0.25, -0.2) is 8.42 Å². The molecule has 1 aromatic heterocycles. The molecule has 0 aromatic carbocycles. The Morgan fingerprint density at radius 3 is 2.56 bits per heavy atom. The molecule has 0 spiro atoms. The summed E-state index contributed by atoms with van der Waals surface area (Å²) in [5.74, 6) is 1.08. The van der Waals surface area contributed by atoms with Crippen LogP contribution in [0.3, 0.4) is 0 Å². The molecule has 1 aromatic rings. The Kier molecular flexibility index (Phi) is 3.87. The monoisotopic (exact) mass is 270 g/mol. The molecular weight excluding hydrogens is 252 g/mol. The average Bonchev–Trinajstić information content (AvgIpc) is 2.22. The van der Waals surface area contributed by atoms with Gasteiger partial charge in [-0.05, 0) is 18.1 Å². The molecule has 18 heavy (non-hydrogen) atoms. The van der Waals surface area contributed by atoms with Gasteiger partial charge in [-0.1, -0.05) is 13.8 Å². The summed E-state index contributed by atoms with van der Waals surface area (Å²) in [4.78, 5) is 3.90. The van der Waals surface area contributed by atoms with Gasteiger partial charge >= 0.3 is 0 Å². The third kappa shape index (κ3) is 3.20. The van der Waals surface area contributed by atoms with Gasteiger partial charge in [-0.15, -0.1) is 0 Å². The molecule has 0 bridgehead atoms. The first-order chi connectivity index (χ1) is 8.47. The Hall–Kier alpha value is -1.14. The van der Waals surface area contributed by atoms with Crippen molar-refractivity contribution in [3.63, 3.8) is 0 Å². The van der Waals surface area contributed by atoms with Gasteiger partial charge < -0.3 is 4.74 Å². The van der Waals surface area contributed by atoms with Gasteiger partial charge in [0.2, 0.25) is 10.0 Å². The Bertz CT molecular complexity index is 481. The first-order valence-corrected chi connectivity index (χ1v) is 7.63. The van der Waals surface area contributed by atoms with Crippen molar-refractivity contribution in [3.8, 4) is 5.75 Å². The van der Waals surface area contributed by atoms with E-state index in [0.717, 1.165) is 5.75 Å². The molecule has 1 aliphatic heterocycles. The van der Waals surface area contributed by atoms with E-state index >= 15 is 0 Å². The van der Waals surface area contributed by atoms with Crippen LogP contribution in [-0.2, 0) is 10.0 Å².